The Balaban J connectivity index is 1.84. The molecule has 0 saturated carbocycles. The Kier molecular flexibility index (Phi) is 3.19. The zero-order valence-corrected chi connectivity index (χ0v) is 9.13. The average molecular weight is 219 g/mol. The SMILES string of the molecule is Cc1cnc(NCCc2cccc(F)c2)[nH]1. The molecule has 0 aliphatic heterocycles. The molecule has 0 unspecified atom stereocenters. The van der Waals surface area contributed by atoms with Crippen LogP contribution in [0, 0.1) is 12.7 Å². The number of aryl methyl sites for hydroxylation is 1. The third kappa shape index (κ3) is 2.82. The lowest BCUT2D eigenvalue weighted by atomic mass is 10.1. The lowest BCUT2D eigenvalue weighted by Crippen LogP contribution is -2.06. The maximum atomic E-state index is 12.9. The van der Waals surface area contributed by atoms with Crippen molar-refractivity contribution >= 4 is 5.95 Å². The van der Waals surface area contributed by atoms with Gasteiger partial charge in [-0.05, 0) is 31.0 Å². The van der Waals surface area contributed by atoms with E-state index in [1.165, 1.54) is 6.07 Å². The fourth-order valence-corrected chi connectivity index (χ4v) is 1.52. The van der Waals surface area contributed by atoms with Gasteiger partial charge < -0.3 is 10.3 Å². The molecule has 84 valence electrons. The molecule has 0 spiro atoms. The number of benzene rings is 1. The standard InChI is InChI=1S/C12H14FN3/c1-9-8-15-12(16-9)14-6-5-10-3-2-4-11(13)7-10/h2-4,7-8H,5-6H2,1H3,(H2,14,15,16). The van der Waals surface area contributed by atoms with Crippen molar-refractivity contribution in [3.8, 4) is 0 Å². The average Bonchev–Trinajstić information content (AvgIpc) is 2.64. The van der Waals surface area contributed by atoms with Gasteiger partial charge in [0.25, 0.3) is 0 Å². The molecule has 0 fully saturated rings. The number of anilines is 1. The van der Waals surface area contributed by atoms with E-state index in [2.05, 4.69) is 15.3 Å². The third-order valence-electron chi connectivity index (χ3n) is 2.30. The number of hydrogen-bond donors (Lipinski definition) is 2. The van der Waals surface area contributed by atoms with E-state index >= 15 is 0 Å². The topological polar surface area (TPSA) is 40.7 Å². The Hall–Kier alpha value is -1.84. The number of aromatic nitrogens is 2. The third-order valence-corrected chi connectivity index (χ3v) is 2.30. The molecule has 0 saturated heterocycles. The van der Waals surface area contributed by atoms with Crippen LogP contribution in [0.4, 0.5) is 10.3 Å². The second-order valence-electron chi connectivity index (χ2n) is 3.72. The first-order valence-electron chi connectivity index (χ1n) is 5.24. The molecule has 2 N–H and O–H groups in total. The summed E-state index contributed by atoms with van der Waals surface area (Å²) in [6, 6.07) is 6.64. The number of imidazole rings is 1. The Morgan fingerprint density at radius 1 is 1.44 bits per heavy atom. The van der Waals surface area contributed by atoms with Gasteiger partial charge in [-0.3, -0.25) is 0 Å². The number of halogens is 1. The molecule has 1 aromatic heterocycles. The lowest BCUT2D eigenvalue weighted by Gasteiger charge is -2.03. The summed E-state index contributed by atoms with van der Waals surface area (Å²) in [5.74, 6) is 0.570. The normalized spacial score (nSPS) is 10.4. The van der Waals surface area contributed by atoms with Crippen molar-refractivity contribution in [3.63, 3.8) is 0 Å². The number of nitrogens with one attached hydrogen (secondary N) is 2. The minimum atomic E-state index is -0.189. The highest BCUT2D eigenvalue weighted by atomic mass is 19.1. The van der Waals surface area contributed by atoms with Crippen LogP contribution in [0.15, 0.2) is 30.5 Å². The van der Waals surface area contributed by atoms with E-state index in [-0.39, 0.29) is 5.82 Å². The van der Waals surface area contributed by atoms with Gasteiger partial charge in [-0.25, -0.2) is 9.37 Å². The molecule has 2 aromatic rings. The van der Waals surface area contributed by atoms with E-state index in [0.717, 1.165) is 30.2 Å². The van der Waals surface area contributed by atoms with Crippen LogP contribution >= 0.6 is 0 Å². The molecule has 0 radical (unpaired) electrons. The smallest absolute Gasteiger partial charge is 0.200 e. The van der Waals surface area contributed by atoms with Gasteiger partial charge in [0, 0.05) is 18.4 Å². The van der Waals surface area contributed by atoms with Gasteiger partial charge >= 0.3 is 0 Å². The van der Waals surface area contributed by atoms with Crippen molar-refractivity contribution in [3.05, 3.63) is 47.5 Å². The van der Waals surface area contributed by atoms with Gasteiger partial charge in [-0.15, -0.1) is 0 Å². The van der Waals surface area contributed by atoms with E-state index in [0.29, 0.717) is 0 Å². The van der Waals surface area contributed by atoms with Crippen LogP contribution in [0.3, 0.4) is 0 Å². The predicted octanol–water partition coefficient (Wildman–Crippen LogP) is 2.51. The van der Waals surface area contributed by atoms with Gasteiger partial charge in [0.05, 0.1) is 0 Å². The summed E-state index contributed by atoms with van der Waals surface area (Å²) in [5, 5.41) is 3.14. The number of H-pyrrole nitrogens is 1. The second-order valence-corrected chi connectivity index (χ2v) is 3.72. The van der Waals surface area contributed by atoms with Crippen molar-refractivity contribution in [1.82, 2.24) is 9.97 Å². The molecular formula is C12H14FN3. The van der Waals surface area contributed by atoms with E-state index in [4.69, 9.17) is 0 Å². The van der Waals surface area contributed by atoms with Crippen LogP contribution in [0.2, 0.25) is 0 Å². The van der Waals surface area contributed by atoms with Crippen LogP contribution in [0.25, 0.3) is 0 Å². The molecule has 0 atom stereocenters. The lowest BCUT2D eigenvalue weighted by molar-refractivity contribution is 0.625. The molecule has 4 heteroatoms. The molecule has 0 aliphatic carbocycles. The van der Waals surface area contributed by atoms with Crippen molar-refractivity contribution in [2.75, 3.05) is 11.9 Å². The van der Waals surface area contributed by atoms with Crippen molar-refractivity contribution < 1.29 is 4.39 Å². The molecule has 3 nitrogen and oxygen atoms in total. The number of hydrogen-bond acceptors (Lipinski definition) is 2. The van der Waals surface area contributed by atoms with Crippen molar-refractivity contribution in [1.29, 1.82) is 0 Å². The van der Waals surface area contributed by atoms with Gasteiger partial charge in [0.1, 0.15) is 5.82 Å². The summed E-state index contributed by atoms with van der Waals surface area (Å²) in [4.78, 5) is 7.20. The van der Waals surface area contributed by atoms with Crippen LogP contribution in [-0.2, 0) is 6.42 Å². The maximum Gasteiger partial charge on any atom is 0.200 e. The molecule has 1 heterocycles. The summed E-state index contributed by atoms with van der Waals surface area (Å²) in [6.07, 6.45) is 2.54. The Morgan fingerprint density at radius 3 is 3.00 bits per heavy atom. The molecule has 0 amide bonds. The van der Waals surface area contributed by atoms with Crippen molar-refractivity contribution in [2.45, 2.75) is 13.3 Å². The van der Waals surface area contributed by atoms with E-state index in [1.54, 1.807) is 18.3 Å². The summed E-state index contributed by atoms with van der Waals surface area (Å²) >= 11 is 0. The second kappa shape index (κ2) is 4.79. The zero-order valence-electron chi connectivity index (χ0n) is 9.13. The highest BCUT2D eigenvalue weighted by molar-refractivity contribution is 5.26. The fraction of sp³-hybridized carbons (Fsp3) is 0.250. The van der Waals surface area contributed by atoms with Crippen LogP contribution in [0.5, 0.6) is 0 Å². The first-order valence-corrected chi connectivity index (χ1v) is 5.24. The summed E-state index contributed by atoms with van der Waals surface area (Å²) in [6.45, 7) is 2.68. The van der Waals surface area contributed by atoms with Crippen LogP contribution in [-0.4, -0.2) is 16.5 Å². The van der Waals surface area contributed by atoms with Gasteiger partial charge in [-0.2, -0.15) is 0 Å². The summed E-state index contributed by atoms with van der Waals surface area (Å²) in [5.41, 5.74) is 2.00. The molecule has 0 aliphatic rings. The van der Waals surface area contributed by atoms with Crippen LogP contribution < -0.4 is 5.32 Å². The molecule has 2 rings (SSSR count). The van der Waals surface area contributed by atoms with Gasteiger partial charge in [0.15, 0.2) is 5.95 Å². The first-order chi connectivity index (χ1) is 7.74. The van der Waals surface area contributed by atoms with Crippen molar-refractivity contribution in [2.24, 2.45) is 0 Å². The first kappa shape index (κ1) is 10.7. The zero-order chi connectivity index (χ0) is 11.4. The highest BCUT2D eigenvalue weighted by Gasteiger charge is 1.97. The predicted molar refractivity (Wildman–Crippen MR) is 61.9 cm³/mol. The highest BCUT2D eigenvalue weighted by Crippen LogP contribution is 2.05. The number of aromatic amines is 1. The van der Waals surface area contributed by atoms with E-state index in [9.17, 15) is 4.39 Å². The van der Waals surface area contributed by atoms with Gasteiger partial charge in [0.2, 0.25) is 0 Å². The fourth-order valence-electron chi connectivity index (χ4n) is 1.52. The number of rotatable bonds is 4. The monoisotopic (exact) mass is 219 g/mol. The molecule has 1 aromatic carbocycles. The molecule has 16 heavy (non-hydrogen) atoms. The number of nitrogens with zero attached hydrogens (tertiary/aromatic N) is 1. The molecular weight excluding hydrogens is 205 g/mol. The van der Waals surface area contributed by atoms with Gasteiger partial charge in [-0.1, -0.05) is 12.1 Å². The Labute approximate surface area is 93.7 Å². The molecule has 0 bridgehead atoms. The summed E-state index contributed by atoms with van der Waals surface area (Å²) in [7, 11) is 0. The quantitative estimate of drug-likeness (QED) is 0.829. The van der Waals surface area contributed by atoms with E-state index in [1.807, 2.05) is 13.0 Å². The maximum absolute atomic E-state index is 12.9. The Bertz CT molecular complexity index is 465. The summed E-state index contributed by atoms with van der Waals surface area (Å²) < 4.78 is 12.9. The van der Waals surface area contributed by atoms with Crippen LogP contribution in [0.1, 0.15) is 11.3 Å². The minimum absolute atomic E-state index is 0.189. The minimum Gasteiger partial charge on any atom is -0.355 e. The largest absolute Gasteiger partial charge is 0.355 e. The van der Waals surface area contributed by atoms with E-state index < -0.39 is 0 Å². The Morgan fingerprint density at radius 2 is 2.31 bits per heavy atom.